The van der Waals surface area contributed by atoms with Crippen molar-refractivity contribution in [2.75, 3.05) is 51.7 Å². The predicted molar refractivity (Wildman–Crippen MR) is 92.9 cm³/mol. The van der Waals surface area contributed by atoms with Gasteiger partial charge in [-0.3, -0.25) is 4.79 Å². The van der Waals surface area contributed by atoms with Crippen molar-refractivity contribution < 1.29 is 14.6 Å². The van der Waals surface area contributed by atoms with E-state index in [1.165, 1.54) is 24.2 Å². The molecule has 2 aliphatic rings. The Labute approximate surface area is 146 Å². The minimum absolute atomic E-state index is 0.0342. The first-order chi connectivity index (χ1) is 11.5. The lowest BCUT2D eigenvalue weighted by Gasteiger charge is -2.34. The number of aliphatic hydroxyl groups is 1. The molecule has 0 spiro atoms. The van der Waals surface area contributed by atoms with Gasteiger partial charge in [0.1, 0.15) is 5.60 Å². The zero-order valence-electron chi connectivity index (χ0n) is 13.9. The van der Waals surface area contributed by atoms with Crippen LogP contribution in [0.25, 0.3) is 0 Å². The fraction of sp³-hybridized carbons (Fsp3) is 0.750. The molecule has 0 bridgehead atoms. The molecule has 0 aliphatic carbocycles. The maximum atomic E-state index is 12.5. The molecule has 8 heteroatoms. The van der Waals surface area contributed by atoms with Crippen molar-refractivity contribution in [1.82, 2.24) is 14.8 Å². The molecule has 1 atom stereocenters. The fourth-order valence-electron chi connectivity index (χ4n) is 3.41. The molecule has 0 aromatic carbocycles. The van der Waals surface area contributed by atoms with Crippen LogP contribution in [0.5, 0.6) is 0 Å². The lowest BCUT2D eigenvalue weighted by molar-refractivity contribution is -0.134. The number of thiazole rings is 1. The Morgan fingerprint density at radius 3 is 2.92 bits per heavy atom. The second-order valence-electron chi connectivity index (χ2n) is 6.75. The maximum Gasteiger partial charge on any atom is 0.223 e. The van der Waals surface area contributed by atoms with Crippen LogP contribution in [-0.4, -0.2) is 77.3 Å². The van der Waals surface area contributed by atoms with E-state index in [1.807, 2.05) is 5.38 Å². The first-order valence-corrected chi connectivity index (χ1v) is 9.42. The number of hydrogen-bond donors (Lipinski definition) is 2. The molecule has 2 saturated heterocycles. The Bertz CT molecular complexity index is 561. The predicted octanol–water partition coefficient (Wildman–Crippen LogP) is 0.344. The molecule has 0 unspecified atom stereocenters. The van der Waals surface area contributed by atoms with Crippen molar-refractivity contribution in [2.24, 2.45) is 0 Å². The summed E-state index contributed by atoms with van der Waals surface area (Å²) in [5.74, 6) is 0.0342. The van der Waals surface area contributed by atoms with Gasteiger partial charge in [0.25, 0.3) is 0 Å². The molecule has 2 aliphatic heterocycles. The van der Waals surface area contributed by atoms with Crippen LogP contribution in [0.1, 0.15) is 25.0 Å². The quantitative estimate of drug-likeness (QED) is 0.792. The number of nitrogens with two attached hydrogens (primary N) is 1. The molecular formula is C16H26N4O3S. The van der Waals surface area contributed by atoms with Crippen molar-refractivity contribution in [2.45, 2.75) is 31.3 Å². The van der Waals surface area contributed by atoms with Gasteiger partial charge in [0.05, 0.1) is 25.5 Å². The van der Waals surface area contributed by atoms with Crippen molar-refractivity contribution in [3.05, 3.63) is 11.1 Å². The van der Waals surface area contributed by atoms with Gasteiger partial charge in [-0.05, 0) is 32.4 Å². The molecule has 1 amide bonds. The third kappa shape index (κ3) is 4.66. The molecule has 3 heterocycles. The van der Waals surface area contributed by atoms with E-state index < -0.39 is 5.60 Å². The van der Waals surface area contributed by atoms with Gasteiger partial charge >= 0.3 is 0 Å². The zero-order valence-corrected chi connectivity index (χ0v) is 14.8. The summed E-state index contributed by atoms with van der Waals surface area (Å²) in [5.41, 5.74) is 5.49. The number of amides is 1. The molecule has 0 radical (unpaired) electrons. The third-order valence-corrected chi connectivity index (χ3v) is 5.32. The fourth-order valence-corrected chi connectivity index (χ4v) is 4.01. The third-order valence-electron chi connectivity index (χ3n) is 4.60. The number of aryl methyl sites for hydroxylation is 1. The number of nitrogens with zero attached hydrogens (tertiary/aromatic N) is 3. The van der Waals surface area contributed by atoms with E-state index in [0.717, 1.165) is 18.8 Å². The summed E-state index contributed by atoms with van der Waals surface area (Å²) in [7, 11) is 0. The SMILES string of the molecule is Nc1nc(CCC(=O)N2CCOC[C@](O)(CN3CCCC3)C2)cs1. The lowest BCUT2D eigenvalue weighted by Crippen LogP contribution is -2.53. The van der Waals surface area contributed by atoms with Gasteiger partial charge in [0.2, 0.25) is 5.91 Å². The highest BCUT2D eigenvalue weighted by atomic mass is 32.1. The molecule has 1 aromatic heterocycles. The Morgan fingerprint density at radius 2 is 2.21 bits per heavy atom. The Kier molecular flexibility index (Phi) is 5.70. The topological polar surface area (TPSA) is 91.9 Å². The molecule has 2 fully saturated rings. The van der Waals surface area contributed by atoms with Gasteiger partial charge in [-0.2, -0.15) is 0 Å². The largest absolute Gasteiger partial charge is 0.384 e. The van der Waals surface area contributed by atoms with E-state index in [-0.39, 0.29) is 12.5 Å². The number of hydrogen-bond acceptors (Lipinski definition) is 7. The Hall–Kier alpha value is -1.22. The van der Waals surface area contributed by atoms with Crippen LogP contribution in [0.2, 0.25) is 0 Å². The summed E-state index contributed by atoms with van der Waals surface area (Å²) in [6.45, 7) is 4.22. The molecular weight excluding hydrogens is 328 g/mol. The second-order valence-corrected chi connectivity index (χ2v) is 7.64. The first kappa shape index (κ1) is 17.6. The van der Waals surface area contributed by atoms with Crippen molar-refractivity contribution in [3.8, 4) is 0 Å². The summed E-state index contributed by atoms with van der Waals surface area (Å²) in [4.78, 5) is 20.7. The number of ether oxygens (including phenoxy) is 1. The normalized spacial score (nSPS) is 25.8. The van der Waals surface area contributed by atoms with Gasteiger partial charge in [-0.15, -0.1) is 11.3 Å². The number of carbonyl (C=O) groups is 1. The molecule has 3 N–H and O–H groups in total. The van der Waals surface area contributed by atoms with E-state index in [0.29, 0.717) is 44.2 Å². The smallest absolute Gasteiger partial charge is 0.223 e. The average Bonchev–Trinajstić information content (AvgIpc) is 3.15. The summed E-state index contributed by atoms with van der Waals surface area (Å²) in [6, 6.07) is 0. The van der Waals surface area contributed by atoms with E-state index in [9.17, 15) is 9.90 Å². The summed E-state index contributed by atoms with van der Waals surface area (Å²) >= 11 is 1.39. The van der Waals surface area contributed by atoms with Gasteiger partial charge in [-0.25, -0.2) is 4.98 Å². The number of nitrogen functional groups attached to an aromatic ring is 1. The molecule has 1 aromatic rings. The standard InChI is InChI=1S/C16H26N4O3S/c17-15-18-13(9-24-15)3-4-14(21)20-7-8-23-12-16(22,11-20)10-19-5-1-2-6-19/h9,22H,1-8,10-12H2,(H2,17,18)/t16-/m0/s1. The van der Waals surface area contributed by atoms with Crippen LogP contribution < -0.4 is 5.73 Å². The molecule has 24 heavy (non-hydrogen) atoms. The van der Waals surface area contributed by atoms with E-state index in [2.05, 4.69) is 9.88 Å². The summed E-state index contributed by atoms with van der Waals surface area (Å²) in [5, 5.41) is 13.3. The van der Waals surface area contributed by atoms with Crippen molar-refractivity contribution >= 4 is 22.4 Å². The molecule has 0 saturated carbocycles. The van der Waals surface area contributed by atoms with Crippen molar-refractivity contribution in [3.63, 3.8) is 0 Å². The maximum absolute atomic E-state index is 12.5. The van der Waals surface area contributed by atoms with Gasteiger partial charge < -0.3 is 25.4 Å². The second kappa shape index (κ2) is 7.77. The van der Waals surface area contributed by atoms with Crippen LogP contribution in [-0.2, 0) is 16.0 Å². The summed E-state index contributed by atoms with van der Waals surface area (Å²) < 4.78 is 5.57. The first-order valence-electron chi connectivity index (χ1n) is 8.54. The van der Waals surface area contributed by atoms with Gasteiger partial charge in [0.15, 0.2) is 5.13 Å². The Morgan fingerprint density at radius 1 is 1.42 bits per heavy atom. The average molecular weight is 354 g/mol. The monoisotopic (exact) mass is 354 g/mol. The number of aromatic nitrogens is 1. The van der Waals surface area contributed by atoms with Crippen LogP contribution in [0.3, 0.4) is 0 Å². The minimum atomic E-state index is -0.985. The number of likely N-dealkylation sites (tertiary alicyclic amines) is 1. The van der Waals surface area contributed by atoms with Gasteiger partial charge in [0, 0.05) is 24.9 Å². The van der Waals surface area contributed by atoms with E-state index in [1.54, 1.807) is 4.90 Å². The van der Waals surface area contributed by atoms with Crippen LogP contribution in [0.4, 0.5) is 5.13 Å². The van der Waals surface area contributed by atoms with E-state index in [4.69, 9.17) is 10.5 Å². The number of anilines is 1. The molecule has 134 valence electrons. The van der Waals surface area contributed by atoms with Crippen molar-refractivity contribution in [1.29, 1.82) is 0 Å². The van der Waals surface area contributed by atoms with Crippen LogP contribution >= 0.6 is 11.3 Å². The zero-order chi connectivity index (χ0) is 17.0. The summed E-state index contributed by atoms with van der Waals surface area (Å²) in [6.07, 6.45) is 3.31. The highest BCUT2D eigenvalue weighted by Gasteiger charge is 2.36. The Balaban J connectivity index is 1.55. The van der Waals surface area contributed by atoms with Gasteiger partial charge in [-0.1, -0.05) is 0 Å². The number of rotatable bonds is 5. The highest BCUT2D eigenvalue weighted by Crippen LogP contribution is 2.19. The van der Waals surface area contributed by atoms with E-state index >= 15 is 0 Å². The molecule has 3 rings (SSSR count). The minimum Gasteiger partial charge on any atom is -0.384 e. The lowest BCUT2D eigenvalue weighted by atomic mass is 10.0. The van der Waals surface area contributed by atoms with Crippen LogP contribution in [0, 0.1) is 0 Å². The highest BCUT2D eigenvalue weighted by molar-refractivity contribution is 7.13. The van der Waals surface area contributed by atoms with Crippen LogP contribution in [0.15, 0.2) is 5.38 Å². The number of carbonyl (C=O) groups excluding carboxylic acids is 1. The number of β-amino-alcohol motifs (C(OH)–C–C–N with tert-alkyl or cyclic N) is 1. The molecule has 7 nitrogen and oxygen atoms in total.